The standard InChI is InChI=1S/C18H26N4O3/c1-3-25-15-7-5-9-22-16(13(2)19-17(15)22)18(24)20-14-6-4-8-21(12-14)10-11-23/h5,7,9,14,23H,3-4,6,8,10-12H2,1-2H3,(H,20,24)/t14-/m0/s1. The molecule has 1 aliphatic rings. The second-order valence-corrected chi connectivity index (χ2v) is 6.38. The molecule has 0 saturated carbocycles. The van der Waals surface area contributed by atoms with E-state index in [1.165, 1.54) is 0 Å². The van der Waals surface area contributed by atoms with E-state index in [1.54, 1.807) is 4.40 Å². The maximum absolute atomic E-state index is 12.9. The smallest absolute Gasteiger partial charge is 0.270 e. The maximum atomic E-state index is 12.9. The van der Waals surface area contributed by atoms with Gasteiger partial charge in [0.2, 0.25) is 0 Å². The summed E-state index contributed by atoms with van der Waals surface area (Å²) in [5.41, 5.74) is 1.90. The molecule has 1 saturated heterocycles. The van der Waals surface area contributed by atoms with Gasteiger partial charge in [0.15, 0.2) is 11.4 Å². The van der Waals surface area contributed by atoms with Crippen LogP contribution in [0.25, 0.3) is 5.65 Å². The minimum atomic E-state index is -0.116. The monoisotopic (exact) mass is 346 g/mol. The lowest BCUT2D eigenvalue weighted by Gasteiger charge is -2.32. The van der Waals surface area contributed by atoms with Gasteiger partial charge in [-0.15, -0.1) is 0 Å². The molecule has 0 radical (unpaired) electrons. The molecule has 0 aliphatic carbocycles. The molecule has 2 N–H and O–H groups in total. The number of imidazole rings is 1. The predicted octanol–water partition coefficient (Wildman–Crippen LogP) is 1.23. The van der Waals surface area contributed by atoms with Crippen molar-refractivity contribution in [1.82, 2.24) is 19.6 Å². The molecule has 0 spiro atoms. The van der Waals surface area contributed by atoms with E-state index in [0.29, 0.717) is 35.9 Å². The first-order valence-electron chi connectivity index (χ1n) is 8.88. The average molecular weight is 346 g/mol. The maximum Gasteiger partial charge on any atom is 0.270 e. The summed E-state index contributed by atoms with van der Waals surface area (Å²) in [6.07, 6.45) is 3.81. The average Bonchev–Trinajstić information content (AvgIpc) is 2.93. The summed E-state index contributed by atoms with van der Waals surface area (Å²) >= 11 is 0. The van der Waals surface area contributed by atoms with Crippen molar-refractivity contribution in [1.29, 1.82) is 0 Å². The van der Waals surface area contributed by atoms with Crippen molar-refractivity contribution in [2.24, 2.45) is 0 Å². The number of amides is 1. The van der Waals surface area contributed by atoms with Crippen LogP contribution in [-0.4, -0.2) is 64.2 Å². The van der Waals surface area contributed by atoms with Gasteiger partial charge in [-0.05, 0) is 45.4 Å². The number of ether oxygens (including phenoxy) is 1. The van der Waals surface area contributed by atoms with Crippen molar-refractivity contribution >= 4 is 11.6 Å². The number of carbonyl (C=O) groups excluding carboxylic acids is 1. The summed E-state index contributed by atoms with van der Waals surface area (Å²) in [5, 5.41) is 12.2. The van der Waals surface area contributed by atoms with Crippen LogP contribution < -0.4 is 10.1 Å². The Balaban J connectivity index is 1.80. The summed E-state index contributed by atoms with van der Waals surface area (Å²) in [4.78, 5) is 19.6. The Morgan fingerprint density at radius 2 is 2.36 bits per heavy atom. The highest BCUT2D eigenvalue weighted by Gasteiger charge is 2.24. The van der Waals surface area contributed by atoms with Crippen LogP contribution in [0.3, 0.4) is 0 Å². The number of β-amino-alcohol motifs (C(OH)–C–C–N with tert-alkyl or cyclic N) is 1. The van der Waals surface area contributed by atoms with Gasteiger partial charge in [-0.2, -0.15) is 0 Å². The number of nitrogens with one attached hydrogen (secondary N) is 1. The van der Waals surface area contributed by atoms with E-state index in [1.807, 2.05) is 32.2 Å². The normalized spacial score (nSPS) is 18.4. The number of hydrogen-bond donors (Lipinski definition) is 2. The first-order chi connectivity index (χ1) is 12.1. The van der Waals surface area contributed by atoms with Crippen LogP contribution in [0.1, 0.15) is 35.9 Å². The Labute approximate surface area is 147 Å². The Kier molecular flexibility index (Phi) is 5.55. The van der Waals surface area contributed by atoms with E-state index in [9.17, 15) is 4.79 Å². The second-order valence-electron chi connectivity index (χ2n) is 6.38. The van der Waals surface area contributed by atoms with Crippen molar-refractivity contribution in [3.8, 4) is 5.75 Å². The number of aliphatic hydroxyl groups is 1. The van der Waals surface area contributed by atoms with Gasteiger partial charge in [-0.1, -0.05) is 0 Å². The first kappa shape index (κ1) is 17.7. The van der Waals surface area contributed by atoms with E-state index in [4.69, 9.17) is 9.84 Å². The fraction of sp³-hybridized carbons (Fsp3) is 0.556. The van der Waals surface area contributed by atoms with Crippen LogP contribution in [0.4, 0.5) is 0 Å². The number of aryl methyl sites for hydroxylation is 1. The number of aromatic nitrogens is 2. The fourth-order valence-electron chi connectivity index (χ4n) is 3.47. The lowest BCUT2D eigenvalue weighted by Crippen LogP contribution is -2.48. The molecule has 136 valence electrons. The predicted molar refractivity (Wildman–Crippen MR) is 95.1 cm³/mol. The summed E-state index contributed by atoms with van der Waals surface area (Å²) < 4.78 is 7.41. The van der Waals surface area contributed by atoms with Gasteiger partial charge in [-0.3, -0.25) is 14.1 Å². The van der Waals surface area contributed by atoms with E-state index in [2.05, 4.69) is 15.2 Å². The zero-order valence-corrected chi connectivity index (χ0v) is 14.9. The largest absolute Gasteiger partial charge is 0.490 e. The van der Waals surface area contributed by atoms with Crippen molar-refractivity contribution in [3.63, 3.8) is 0 Å². The highest BCUT2D eigenvalue weighted by molar-refractivity contribution is 5.95. The summed E-state index contributed by atoms with van der Waals surface area (Å²) in [6.45, 7) is 6.86. The van der Waals surface area contributed by atoms with Gasteiger partial charge in [0.05, 0.1) is 18.9 Å². The zero-order valence-electron chi connectivity index (χ0n) is 14.9. The van der Waals surface area contributed by atoms with E-state index in [0.717, 1.165) is 25.9 Å². The number of carbonyl (C=O) groups is 1. The molecular weight excluding hydrogens is 320 g/mol. The summed E-state index contributed by atoms with van der Waals surface area (Å²) in [7, 11) is 0. The van der Waals surface area contributed by atoms with Crippen molar-refractivity contribution < 1.29 is 14.6 Å². The number of likely N-dealkylation sites (tertiary alicyclic amines) is 1. The molecule has 1 fully saturated rings. The van der Waals surface area contributed by atoms with Gasteiger partial charge >= 0.3 is 0 Å². The first-order valence-corrected chi connectivity index (χ1v) is 8.88. The molecule has 7 nitrogen and oxygen atoms in total. The zero-order chi connectivity index (χ0) is 17.8. The third-order valence-electron chi connectivity index (χ3n) is 4.56. The molecule has 2 aromatic heterocycles. The highest BCUT2D eigenvalue weighted by Crippen LogP contribution is 2.22. The molecule has 0 aromatic carbocycles. The molecule has 25 heavy (non-hydrogen) atoms. The van der Waals surface area contributed by atoms with Crippen LogP contribution in [0.15, 0.2) is 18.3 Å². The number of rotatable bonds is 6. The van der Waals surface area contributed by atoms with Crippen molar-refractivity contribution in [2.45, 2.75) is 32.7 Å². The molecular formula is C18H26N4O3. The number of pyridine rings is 1. The third kappa shape index (κ3) is 3.77. The lowest BCUT2D eigenvalue weighted by molar-refractivity contribution is 0.0887. The highest BCUT2D eigenvalue weighted by atomic mass is 16.5. The molecule has 1 atom stereocenters. The van der Waals surface area contributed by atoms with Crippen LogP contribution in [0.2, 0.25) is 0 Å². The molecule has 3 heterocycles. The topological polar surface area (TPSA) is 79.1 Å². The quantitative estimate of drug-likeness (QED) is 0.822. The van der Waals surface area contributed by atoms with Gasteiger partial charge < -0.3 is 15.2 Å². The molecule has 2 aromatic rings. The third-order valence-corrected chi connectivity index (χ3v) is 4.56. The van der Waals surface area contributed by atoms with Crippen LogP contribution in [0, 0.1) is 6.92 Å². The molecule has 0 bridgehead atoms. The van der Waals surface area contributed by atoms with Gasteiger partial charge in [0.25, 0.3) is 5.91 Å². The Morgan fingerprint density at radius 1 is 1.52 bits per heavy atom. The molecule has 7 heteroatoms. The Hall–Kier alpha value is -2.12. The van der Waals surface area contributed by atoms with Crippen molar-refractivity contribution in [2.75, 3.05) is 32.8 Å². The van der Waals surface area contributed by atoms with Gasteiger partial charge in [-0.25, -0.2) is 4.98 Å². The number of piperidine rings is 1. The summed E-state index contributed by atoms with van der Waals surface area (Å²) in [5.74, 6) is 0.563. The van der Waals surface area contributed by atoms with Crippen molar-refractivity contribution in [3.05, 3.63) is 29.7 Å². The fourth-order valence-corrected chi connectivity index (χ4v) is 3.47. The summed E-state index contributed by atoms with van der Waals surface area (Å²) in [6, 6.07) is 3.81. The van der Waals surface area contributed by atoms with Crippen LogP contribution in [0.5, 0.6) is 5.75 Å². The van der Waals surface area contributed by atoms with E-state index < -0.39 is 0 Å². The SMILES string of the molecule is CCOc1cccn2c(C(=O)N[C@H]3CCCN(CCO)C3)c(C)nc12. The van der Waals surface area contributed by atoms with E-state index >= 15 is 0 Å². The molecule has 0 unspecified atom stereocenters. The van der Waals surface area contributed by atoms with Crippen LogP contribution >= 0.6 is 0 Å². The number of nitrogens with zero attached hydrogens (tertiary/aromatic N) is 3. The molecule has 1 amide bonds. The molecule has 1 aliphatic heterocycles. The molecule has 3 rings (SSSR count). The second kappa shape index (κ2) is 7.84. The Morgan fingerprint density at radius 3 is 3.12 bits per heavy atom. The van der Waals surface area contributed by atoms with Crippen LogP contribution in [-0.2, 0) is 0 Å². The Bertz CT molecular complexity index is 741. The lowest BCUT2D eigenvalue weighted by atomic mass is 10.1. The van der Waals surface area contributed by atoms with E-state index in [-0.39, 0.29) is 18.6 Å². The number of aliphatic hydroxyl groups excluding tert-OH is 1. The number of fused-ring (bicyclic) bond motifs is 1. The van der Waals surface area contributed by atoms with Gasteiger partial charge in [0.1, 0.15) is 5.69 Å². The number of hydrogen-bond acceptors (Lipinski definition) is 5. The minimum absolute atomic E-state index is 0.0906. The van der Waals surface area contributed by atoms with Gasteiger partial charge in [0, 0.05) is 25.3 Å². The minimum Gasteiger partial charge on any atom is -0.490 e.